The molecular formula is C28H34O6. The van der Waals surface area contributed by atoms with Crippen LogP contribution in [0.15, 0.2) is 36.4 Å². The van der Waals surface area contributed by atoms with Crippen molar-refractivity contribution in [3.8, 4) is 11.5 Å². The highest BCUT2D eigenvalue weighted by molar-refractivity contribution is 6.11. The summed E-state index contributed by atoms with van der Waals surface area (Å²) in [4.78, 5) is 24.4. The van der Waals surface area contributed by atoms with Crippen LogP contribution in [0.25, 0.3) is 21.5 Å². The number of rotatable bonds is 12. The number of carbonyl (C=O) groups excluding carboxylic acids is 2. The highest BCUT2D eigenvalue weighted by atomic mass is 16.6. The van der Waals surface area contributed by atoms with Gasteiger partial charge in [-0.15, -0.1) is 0 Å². The zero-order valence-electron chi connectivity index (χ0n) is 20.6. The molecule has 182 valence electrons. The molecule has 0 saturated carbocycles. The number of hydrogen-bond acceptors (Lipinski definition) is 6. The molecule has 0 saturated heterocycles. The Morgan fingerprint density at radius 3 is 1.44 bits per heavy atom. The van der Waals surface area contributed by atoms with Gasteiger partial charge in [0.25, 0.3) is 0 Å². The second-order valence-corrected chi connectivity index (χ2v) is 8.48. The van der Waals surface area contributed by atoms with Crippen molar-refractivity contribution in [1.29, 1.82) is 0 Å². The Hall–Kier alpha value is -3.28. The summed E-state index contributed by atoms with van der Waals surface area (Å²) >= 11 is 0. The van der Waals surface area contributed by atoms with Gasteiger partial charge in [-0.2, -0.15) is 0 Å². The topological polar surface area (TPSA) is 71.1 Å². The summed E-state index contributed by atoms with van der Waals surface area (Å²) in [6.45, 7) is 8.49. The zero-order chi connectivity index (χ0) is 24.5. The van der Waals surface area contributed by atoms with Crippen LogP contribution in [-0.4, -0.2) is 38.4 Å². The highest BCUT2D eigenvalue weighted by Gasteiger charge is 2.19. The Kier molecular flexibility index (Phi) is 9.14. The first-order valence-electron chi connectivity index (χ1n) is 12.0. The number of unbranched alkanes of at least 4 members (excludes halogenated alkanes) is 2. The summed E-state index contributed by atoms with van der Waals surface area (Å²) in [6.07, 6.45) is 3.55. The number of benzene rings is 3. The predicted molar refractivity (Wildman–Crippen MR) is 134 cm³/mol. The lowest BCUT2D eigenvalue weighted by molar-refractivity contribution is -0.146. The molecule has 0 aliphatic rings. The standard InChI is InChI=1S/C28H34O6/c1-5-7-13-31-25(29)17-33-27-21-11-9-20(4)16-24(21)28(22-12-10-19(3)15-23(22)27)34-18-26(30)32-14-8-6-2/h9-12,15-16H,5-8,13-14,17-18H2,1-4H3. The summed E-state index contributed by atoms with van der Waals surface area (Å²) in [7, 11) is 0. The molecule has 0 radical (unpaired) electrons. The van der Waals surface area contributed by atoms with Gasteiger partial charge in [-0.25, -0.2) is 9.59 Å². The van der Waals surface area contributed by atoms with E-state index in [0.29, 0.717) is 24.7 Å². The summed E-state index contributed by atoms with van der Waals surface area (Å²) in [5.41, 5.74) is 2.08. The van der Waals surface area contributed by atoms with Gasteiger partial charge in [0.15, 0.2) is 13.2 Å². The first-order valence-corrected chi connectivity index (χ1v) is 12.0. The molecule has 0 aliphatic heterocycles. The molecule has 0 atom stereocenters. The van der Waals surface area contributed by atoms with Crippen LogP contribution in [0, 0.1) is 13.8 Å². The van der Waals surface area contributed by atoms with Gasteiger partial charge in [0.05, 0.1) is 13.2 Å². The second kappa shape index (κ2) is 12.3. The van der Waals surface area contributed by atoms with E-state index < -0.39 is 11.9 Å². The summed E-state index contributed by atoms with van der Waals surface area (Å²) < 4.78 is 22.6. The fourth-order valence-electron chi connectivity index (χ4n) is 3.70. The van der Waals surface area contributed by atoms with E-state index in [4.69, 9.17) is 18.9 Å². The van der Waals surface area contributed by atoms with Crippen LogP contribution >= 0.6 is 0 Å². The first-order chi connectivity index (χ1) is 16.4. The molecule has 0 fully saturated rings. The van der Waals surface area contributed by atoms with Crippen molar-refractivity contribution < 1.29 is 28.5 Å². The predicted octanol–water partition coefficient (Wildman–Crippen LogP) is 6.05. The minimum atomic E-state index is -0.398. The van der Waals surface area contributed by atoms with Crippen molar-refractivity contribution >= 4 is 33.5 Å². The molecule has 0 aromatic heterocycles. The molecule has 0 bridgehead atoms. The van der Waals surface area contributed by atoms with Crippen LogP contribution in [0.5, 0.6) is 11.5 Å². The fourth-order valence-corrected chi connectivity index (χ4v) is 3.70. The number of aryl methyl sites for hydroxylation is 2. The lowest BCUT2D eigenvalue weighted by Gasteiger charge is -2.18. The number of ether oxygens (including phenoxy) is 4. The summed E-state index contributed by atoms with van der Waals surface area (Å²) in [6, 6.07) is 11.9. The smallest absolute Gasteiger partial charge is 0.344 e. The van der Waals surface area contributed by atoms with E-state index in [2.05, 4.69) is 0 Å². The quantitative estimate of drug-likeness (QED) is 0.184. The highest BCUT2D eigenvalue weighted by Crippen LogP contribution is 2.43. The van der Waals surface area contributed by atoms with E-state index in [9.17, 15) is 9.59 Å². The number of carbonyl (C=O) groups is 2. The molecule has 0 N–H and O–H groups in total. The first kappa shape index (κ1) is 25.3. The van der Waals surface area contributed by atoms with Crippen LogP contribution in [0.1, 0.15) is 50.7 Å². The van der Waals surface area contributed by atoms with Crippen LogP contribution in [-0.2, 0) is 19.1 Å². The lowest BCUT2D eigenvalue weighted by Crippen LogP contribution is -2.17. The van der Waals surface area contributed by atoms with Gasteiger partial charge in [-0.05, 0) is 38.8 Å². The van der Waals surface area contributed by atoms with Crippen molar-refractivity contribution in [2.45, 2.75) is 53.4 Å². The van der Waals surface area contributed by atoms with Gasteiger partial charge in [-0.3, -0.25) is 0 Å². The maximum Gasteiger partial charge on any atom is 0.344 e. The largest absolute Gasteiger partial charge is 0.481 e. The van der Waals surface area contributed by atoms with E-state index in [1.54, 1.807) is 0 Å². The SMILES string of the molecule is CCCCOC(=O)COc1c2ccc(C)cc2c(OCC(=O)OCCCC)c2ccc(C)cc12. The molecule has 0 spiro atoms. The van der Waals surface area contributed by atoms with Crippen molar-refractivity contribution in [3.05, 3.63) is 47.5 Å². The maximum absolute atomic E-state index is 12.2. The van der Waals surface area contributed by atoms with Crippen LogP contribution < -0.4 is 9.47 Å². The van der Waals surface area contributed by atoms with Gasteiger partial charge in [0.2, 0.25) is 0 Å². The summed E-state index contributed by atoms with van der Waals surface area (Å²) in [5.74, 6) is 0.396. The molecule has 0 heterocycles. The van der Waals surface area contributed by atoms with Gasteiger partial charge in [0, 0.05) is 21.5 Å². The molecule has 6 nitrogen and oxygen atoms in total. The van der Waals surface area contributed by atoms with Crippen molar-refractivity contribution in [2.75, 3.05) is 26.4 Å². The maximum atomic E-state index is 12.2. The molecule has 0 aliphatic carbocycles. The average molecular weight is 467 g/mol. The van der Waals surface area contributed by atoms with E-state index in [0.717, 1.165) is 58.4 Å². The van der Waals surface area contributed by atoms with Crippen molar-refractivity contribution in [2.24, 2.45) is 0 Å². The van der Waals surface area contributed by atoms with Gasteiger partial charge >= 0.3 is 11.9 Å². The number of hydrogen-bond donors (Lipinski definition) is 0. The Morgan fingerprint density at radius 2 is 1.06 bits per heavy atom. The van der Waals surface area contributed by atoms with Gasteiger partial charge < -0.3 is 18.9 Å². The molecule has 3 rings (SSSR count). The van der Waals surface area contributed by atoms with Crippen molar-refractivity contribution in [3.63, 3.8) is 0 Å². The molecule has 0 amide bonds. The molecule has 3 aromatic carbocycles. The molecule has 3 aromatic rings. The molecular weight excluding hydrogens is 432 g/mol. The Morgan fingerprint density at radius 1 is 0.647 bits per heavy atom. The normalized spacial score (nSPS) is 10.9. The third-order valence-electron chi connectivity index (χ3n) is 5.52. The Balaban J connectivity index is 1.98. The molecule has 34 heavy (non-hydrogen) atoms. The third kappa shape index (κ3) is 6.40. The number of esters is 2. The minimum Gasteiger partial charge on any atom is -0.481 e. The average Bonchev–Trinajstić information content (AvgIpc) is 2.81. The second-order valence-electron chi connectivity index (χ2n) is 8.48. The van der Waals surface area contributed by atoms with E-state index in [-0.39, 0.29) is 13.2 Å². The van der Waals surface area contributed by atoms with E-state index in [1.165, 1.54) is 0 Å². The van der Waals surface area contributed by atoms with Crippen LogP contribution in [0.2, 0.25) is 0 Å². The van der Waals surface area contributed by atoms with E-state index >= 15 is 0 Å². The fraction of sp³-hybridized carbons (Fsp3) is 0.429. The van der Waals surface area contributed by atoms with Crippen LogP contribution in [0.4, 0.5) is 0 Å². The minimum absolute atomic E-state index is 0.181. The van der Waals surface area contributed by atoms with Gasteiger partial charge in [-0.1, -0.05) is 62.1 Å². The third-order valence-corrected chi connectivity index (χ3v) is 5.52. The zero-order valence-corrected chi connectivity index (χ0v) is 20.6. The summed E-state index contributed by atoms with van der Waals surface area (Å²) in [5, 5.41) is 3.23. The Bertz CT molecular complexity index is 1060. The van der Waals surface area contributed by atoms with Crippen LogP contribution in [0.3, 0.4) is 0 Å². The molecule has 6 heteroatoms. The van der Waals surface area contributed by atoms with E-state index in [1.807, 2.05) is 64.1 Å². The Labute approximate surface area is 201 Å². The number of fused-ring (bicyclic) bond motifs is 2. The molecule has 0 unspecified atom stereocenters. The van der Waals surface area contributed by atoms with Gasteiger partial charge in [0.1, 0.15) is 11.5 Å². The lowest BCUT2D eigenvalue weighted by atomic mass is 9.98. The van der Waals surface area contributed by atoms with Crippen molar-refractivity contribution in [1.82, 2.24) is 0 Å². The monoisotopic (exact) mass is 466 g/mol.